The van der Waals surface area contributed by atoms with Crippen molar-refractivity contribution in [2.45, 2.75) is 13.3 Å². The fraction of sp³-hybridized carbons (Fsp3) is 0.500. The Morgan fingerprint density at radius 3 is 2.28 bits per heavy atom. The van der Waals surface area contributed by atoms with Crippen LogP contribution in [0.15, 0.2) is 18.2 Å². The maximum absolute atomic E-state index is 11.9. The molecule has 1 rings (SSSR count). The lowest BCUT2D eigenvalue weighted by Crippen LogP contribution is -2.28. The third kappa shape index (κ3) is 3.07. The lowest BCUT2D eigenvalue weighted by atomic mass is 10.3. The van der Waals surface area contributed by atoms with Crippen LogP contribution in [0.3, 0.4) is 0 Å². The number of methoxy groups -OCH3 is 2. The topological polar surface area (TPSA) is 55.8 Å². The third-order valence-electron chi connectivity index (χ3n) is 2.61. The molecule has 5 nitrogen and oxygen atoms in total. The quantitative estimate of drug-likeness (QED) is 0.794. The van der Waals surface area contributed by atoms with E-state index in [2.05, 4.69) is 0 Å². The molecule has 0 atom stereocenters. The number of hydrogen-bond donors (Lipinski definition) is 0. The Kier molecular flexibility index (Phi) is 4.84. The first-order valence-corrected chi connectivity index (χ1v) is 7.25. The van der Waals surface area contributed by atoms with E-state index < -0.39 is 10.0 Å². The summed E-state index contributed by atoms with van der Waals surface area (Å²) < 4.78 is 35.4. The second kappa shape index (κ2) is 5.95. The number of rotatable bonds is 6. The minimum absolute atomic E-state index is 0.123. The molecule has 0 aliphatic rings. The van der Waals surface area contributed by atoms with E-state index in [0.29, 0.717) is 23.6 Å². The molecular formula is C12H19NO4S. The molecule has 0 spiro atoms. The maximum atomic E-state index is 11.9. The normalized spacial score (nSPS) is 11.1. The molecule has 6 heteroatoms. The van der Waals surface area contributed by atoms with Gasteiger partial charge in [0, 0.05) is 13.1 Å². The van der Waals surface area contributed by atoms with E-state index in [9.17, 15) is 8.42 Å². The van der Waals surface area contributed by atoms with Gasteiger partial charge < -0.3 is 9.47 Å². The number of anilines is 1. The average Bonchev–Trinajstić information content (AvgIpc) is 2.36. The first kappa shape index (κ1) is 14.6. The summed E-state index contributed by atoms with van der Waals surface area (Å²) in [5, 5.41) is 0. The van der Waals surface area contributed by atoms with Crippen LogP contribution >= 0.6 is 0 Å². The van der Waals surface area contributed by atoms with E-state index in [-0.39, 0.29) is 5.75 Å². The second-order valence-electron chi connectivity index (χ2n) is 3.82. The van der Waals surface area contributed by atoms with Crippen LogP contribution in [0.4, 0.5) is 5.69 Å². The molecule has 0 amide bonds. The molecule has 0 N–H and O–H groups in total. The number of nitrogens with zero attached hydrogens (tertiary/aromatic N) is 1. The number of hydrogen-bond acceptors (Lipinski definition) is 4. The van der Waals surface area contributed by atoms with Gasteiger partial charge in [-0.1, -0.05) is 6.92 Å². The van der Waals surface area contributed by atoms with Gasteiger partial charge in [-0.05, 0) is 18.6 Å². The summed E-state index contributed by atoms with van der Waals surface area (Å²) in [6, 6.07) is 5.02. The molecule has 0 aliphatic heterocycles. The largest absolute Gasteiger partial charge is 0.493 e. The molecule has 1 aromatic carbocycles. The summed E-state index contributed by atoms with van der Waals surface area (Å²) in [5.74, 6) is 1.20. The summed E-state index contributed by atoms with van der Waals surface area (Å²) in [6.07, 6.45) is 0.583. The smallest absolute Gasteiger partial charge is 0.234 e. The highest BCUT2D eigenvalue weighted by atomic mass is 32.2. The van der Waals surface area contributed by atoms with Crippen molar-refractivity contribution in [1.29, 1.82) is 0 Å². The van der Waals surface area contributed by atoms with Crippen LogP contribution in [-0.2, 0) is 10.0 Å². The van der Waals surface area contributed by atoms with Gasteiger partial charge in [0.2, 0.25) is 10.0 Å². The van der Waals surface area contributed by atoms with E-state index in [1.54, 1.807) is 18.2 Å². The van der Waals surface area contributed by atoms with Crippen LogP contribution in [0.2, 0.25) is 0 Å². The van der Waals surface area contributed by atoms with E-state index >= 15 is 0 Å². The molecule has 0 saturated heterocycles. The molecule has 0 heterocycles. The second-order valence-corrected chi connectivity index (χ2v) is 5.94. The first-order valence-electron chi connectivity index (χ1n) is 5.65. The predicted octanol–water partition coefficient (Wildman–Crippen LogP) is 1.88. The Morgan fingerprint density at radius 2 is 1.78 bits per heavy atom. The number of sulfonamides is 1. The zero-order valence-corrected chi connectivity index (χ0v) is 12.0. The van der Waals surface area contributed by atoms with Crippen molar-refractivity contribution in [2.75, 3.05) is 31.3 Å². The van der Waals surface area contributed by atoms with E-state index in [4.69, 9.17) is 9.47 Å². The van der Waals surface area contributed by atoms with Crippen LogP contribution in [0.1, 0.15) is 13.3 Å². The molecule has 0 bridgehead atoms. The van der Waals surface area contributed by atoms with Gasteiger partial charge in [-0.25, -0.2) is 8.42 Å². The molecule has 0 saturated carbocycles. The lowest BCUT2D eigenvalue weighted by Gasteiger charge is -2.20. The highest BCUT2D eigenvalue weighted by Gasteiger charge is 2.18. The molecule has 0 aliphatic carbocycles. The van der Waals surface area contributed by atoms with Gasteiger partial charge in [0.1, 0.15) is 0 Å². The average molecular weight is 273 g/mol. The summed E-state index contributed by atoms with van der Waals surface area (Å²) >= 11 is 0. The third-order valence-corrected chi connectivity index (χ3v) is 4.58. The molecule has 102 valence electrons. The Balaban J connectivity index is 3.11. The van der Waals surface area contributed by atoms with Crippen molar-refractivity contribution >= 4 is 15.7 Å². The Morgan fingerprint density at radius 1 is 1.17 bits per heavy atom. The van der Waals surface area contributed by atoms with Crippen molar-refractivity contribution in [3.63, 3.8) is 0 Å². The van der Waals surface area contributed by atoms with E-state index in [0.717, 1.165) is 0 Å². The number of benzene rings is 1. The van der Waals surface area contributed by atoms with Crippen molar-refractivity contribution < 1.29 is 17.9 Å². The van der Waals surface area contributed by atoms with Crippen LogP contribution in [0, 0.1) is 0 Å². The standard InChI is InChI=1S/C12H19NO4S/c1-5-8-18(14,15)13(2)10-6-7-11(16-3)12(9-10)17-4/h6-7,9H,5,8H2,1-4H3. The van der Waals surface area contributed by atoms with Crippen molar-refractivity contribution in [2.24, 2.45) is 0 Å². The van der Waals surface area contributed by atoms with Gasteiger partial charge >= 0.3 is 0 Å². The van der Waals surface area contributed by atoms with Gasteiger partial charge in [-0.2, -0.15) is 0 Å². The molecule has 1 aromatic rings. The van der Waals surface area contributed by atoms with Crippen molar-refractivity contribution in [3.05, 3.63) is 18.2 Å². The Labute approximate surface area is 108 Å². The van der Waals surface area contributed by atoms with Gasteiger partial charge in [-0.15, -0.1) is 0 Å². The van der Waals surface area contributed by atoms with E-state index in [1.807, 2.05) is 6.92 Å². The molecule has 18 heavy (non-hydrogen) atoms. The highest BCUT2D eigenvalue weighted by molar-refractivity contribution is 7.92. The van der Waals surface area contributed by atoms with Crippen LogP contribution < -0.4 is 13.8 Å². The predicted molar refractivity (Wildman–Crippen MR) is 72.0 cm³/mol. The minimum Gasteiger partial charge on any atom is -0.493 e. The number of ether oxygens (including phenoxy) is 2. The van der Waals surface area contributed by atoms with E-state index in [1.165, 1.54) is 25.6 Å². The van der Waals surface area contributed by atoms with Crippen molar-refractivity contribution in [3.8, 4) is 11.5 Å². The summed E-state index contributed by atoms with van der Waals surface area (Å²) in [5.41, 5.74) is 0.557. The van der Waals surface area contributed by atoms with Gasteiger partial charge in [0.15, 0.2) is 11.5 Å². The zero-order chi connectivity index (χ0) is 13.8. The fourth-order valence-electron chi connectivity index (χ4n) is 1.58. The first-order chi connectivity index (χ1) is 8.46. The monoisotopic (exact) mass is 273 g/mol. The molecular weight excluding hydrogens is 254 g/mol. The van der Waals surface area contributed by atoms with Crippen LogP contribution in [0.25, 0.3) is 0 Å². The van der Waals surface area contributed by atoms with Crippen LogP contribution in [0.5, 0.6) is 11.5 Å². The van der Waals surface area contributed by atoms with Gasteiger partial charge in [-0.3, -0.25) is 4.31 Å². The molecule has 0 radical (unpaired) electrons. The minimum atomic E-state index is -3.27. The fourth-order valence-corrected chi connectivity index (χ4v) is 2.80. The Bertz CT molecular complexity index is 499. The highest BCUT2D eigenvalue weighted by Crippen LogP contribution is 2.31. The SMILES string of the molecule is CCCS(=O)(=O)N(C)c1ccc(OC)c(OC)c1. The van der Waals surface area contributed by atoms with Gasteiger partial charge in [0.05, 0.1) is 25.7 Å². The Hall–Kier alpha value is -1.43. The maximum Gasteiger partial charge on any atom is 0.234 e. The summed E-state index contributed by atoms with van der Waals surface area (Å²) in [6.45, 7) is 1.83. The molecule has 0 fully saturated rings. The zero-order valence-electron chi connectivity index (χ0n) is 11.1. The summed E-state index contributed by atoms with van der Waals surface area (Å²) in [4.78, 5) is 0. The lowest BCUT2D eigenvalue weighted by molar-refractivity contribution is 0.355. The van der Waals surface area contributed by atoms with Gasteiger partial charge in [0.25, 0.3) is 0 Å². The summed E-state index contributed by atoms with van der Waals surface area (Å²) in [7, 11) is 1.32. The van der Waals surface area contributed by atoms with Crippen molar-refractivity contribution in [1.82, 2.24) is 0 Å². The van der Waals surface area contributed by atoms with Crippen LogP contribution in [-0.4, -0.2) is 35.4 Å². The molecule has 0 unspecified atom stereocenters. The molecule has 0 aromatic heterocycles.